The molecule has 5 heteroatoms. The van der Waals surface area contributed by atoms with Crippen LogP contribution in [0.4, 0.5) is 0 Å². The summed E-state index contributed by atoms with van der Waals surface area (Å²) in [7, 11) is -2.75. The second kappa shape index (κ2) is 7.25. The van der Waals surface area contributed by atoms with Gasteiger partial charge in [-0.25, -0.2) is 8.42 Å². The third kappa shape index (κ3) is 5.82. The van der Waals surface area contributed by atoms with Crippen molar-refractivity contribution in [1.82, 2.24) is 10.2 Å². The van der Waals surface area contributed by atoms with E-state index in [9.17, 15) is 8.42 Å². The van der Waals surface area contributed by atoms with Gasteiger partial charge in [-0.2, -0.15) is 0 Å². The summed E-state index contributed by atoms with van der Waals surface area (Å²) in [5.74, 6) is 0.723. The molecule has 0 unspecified atom stereocenters. The Bertz CT molecular complexity index is 278. The van der Waals surface area contributed by atoms with Gasteiger partial charge in [-0.3, -0.25) is 0 Å². The highest BCUT2D eigenvalue weighted by Gasteiger charge is 2.18. The molecule has 0 aromatic carbocycles. The van der Waals surface area contributed by atoms with Gasteiger partial charge in [0.25, 0.3) is 0 Å². The number of hydrogen-bond donors (Lipinski definition) is 1. The quantitative estimate of drug-likeness (QED) is 0.695. The maximum absolute atomic E-state index is 11.4. The van der Waals surface area contributed by atoms with Gasteiger partial charge in [0, 0.05) is 6.54 Å². The zero-order valence-electron chi connectivity index (χ0n) is 10.2. The van der Waals surface area contributed by atoms with Crippen LogP contribution in [0.15, 0.2) is 0 Å². The molecule has 1 rings (SSSR count). The Hall–Kier alpha value is -0.130. The lowest BCUT2D eigenvalue weighted by molar-refractivity contribution is 0.288. The first-order valence-corrected chi connectivity index (χ1v) is 8.09. The normalized spacial score (nSPS) is 21.8. The molecular formula is C11H24N2O2S. The Morgan fingerprint density at radius 2 is 2.00 bits per heavy atom. The van der Waals surface area contributed by atoms with Crippen molar-refractivity contribution < 1.29 is 8.42 Å². The lowest BCUT2D eigenvalue weighted by Gasteiger charge is -2.18. The highest BCUT2D eigenvalue weighted by atomic mass is 32.2. The molecule has 0 bridgehead atoms. The number of nitrogens with one attached hydrogen (secondary N) is 1. The lowest BCUT2D eigenvalue weighted by Crippen LogP contribution is -2.28. The molecule has 0 aromatic rings. The van der Waals surface area contributed by atoms with E-state index in [-0.39, 0.29) is 0 Å². The van der Waals surface area contributed by atoms with Crippen LogP contribution in [-0.4, -0.2) is 57.5 Å². The summed E-state index contributed by atoms with van der Waals surface area (Å²) in [5.41, 5.74) is 0. The first kappa shape index (κ1) is 13.9. The molecule has 0 amide bonds. The van der Waals surface area contributed by atoms with E-state index in [1.807, 2.05) is 0 Å². The minimum absolute atomic E-state index is 0.347. The van der Waals surface area contributed by atoms with E-state index in [0.29, 0.717) is 11.5 Å². The molecular weight excluding hydrogens is 224 g/mol. The van der Waals surface area contributed by atoms with Crippen molar-refractivity contribution in [2.45, 2.75) is 26.2 Å². The topological polar surface area (TPSA) is 49.4 Å². The monoisotopic (exact) mass is 248 g/mol. The number of unbranched alkanes of at least 4 members (excludes halogenated alkanes) is 1. The van der Waals surface area contributed by atoms with Gasteiger partial charge in [0.15, 0.2) is 9.84 Å². The maximum atomic E-state index is 11.4. The molecule has 1 heterocycles. The second-order valence-corrected chi connectivity index (χ2v) is 6.71. The Kier molecular flexibility index (Phi) is 6.31. The van der Waals surface area contributed by atoms with Crippen molar-refractivity contribution in [2.75, 3.05) is 44.2 Å². The largest absolute Gasteiger partial charge is 0.317 e. The molecule has 0 aromatic heterocycles. The molecule has 0 atom stereocenters. The number of rotatable bonds is 6. The molecule has 96 valence electrons. The van der Waals surface area contributed by atoms with E-state index in [1.165, 1.54) is 6.42 Å². The summed E-state index contributed by atoms with van der Waals surface area (Å²) in [6.45, 7) is 6.93. The summed E-state index contributed by atoms with van der Waals surface area (Å²) in [4.78, 5) is 2.29. The number of sulfone groups is 1. The van der Waals surface area contributed by atoms with Crippen LogP contribution >= 0.6 is 0 Å². The summed E-state index contributed by atoms with van der Waals surface area (Å²) >= 11 is 0. The Balaban J connectivity index is 2.13. The Labute approximate surface area is 99.3 Å². The molecule has 1 aliphatic heterocycles. The van der Waals surface area contributed by atoms with Gasteiger partial charge >= 0.3 is 0 Å². The molecule has 1 fully saturated rings. The minimum atomic E-state index is -2.75. The molecule has 1 aliphatic rings. The molecule has 0 spiro atoms. The van der Waals surface area contributed by atoms with Crippen LogP contribution in [0.1, 0.15) is 26.2 Å². The zero-order valence-corrected chi connectivity index (χ0v) is 11.1. The third-order valence-corrected chi connectivity index (χ3v) is 4.69. The van der Waals surface area contributed by atoms with Gasteiger partial charge < -0.3 is 10.2 Å². The van der Waals surface area contributed by atoms with E-state index in [0.717, 1.165) is 45.6 Å². The average Bonchev–Trinajstić information content (AvgIpc) is 2.40. The summed E-state index contributed by atoms with van der Waals surface area (Å²) in [6, 6.07) is 0. The van der Waals surface area contributed by atoms with Crippen LogP contribution in [0.2, 0.25) is 0 Å². The maximum Gasteiger partial charge on any atom is 0.151 e. The van der Waals surface area contributed by atoms with Crippen molar-refractivity contribution in [3.63, 3.8) is 0 Å². The predicted molar refractivity (Wildman–Crippen MR) is 67.5 cm³/mol. The zero-order chi connectivity index (χ0) is 11.9. The molecule has 1 N–H and O–H groups in total. The second-order valence-electron chi connectivity index (χ2n) is 4.41. The first-order chi connectivity index (χ1) is 7.64. The third-order valence-electron chi connectivity index (χ3n) is 2.98. The Morgan fingerprint density at radius 1 is 1.19 bits per heavy atom. The van der Waals surface area contributed by atoms with Crippen LogP contribution in [0, 0.1) is 0 Å². The molecule has 0 radical (unpaired) electrons. The van der Waals surface area contributed by atoms with E-state index in [2.05, 4.69) is 17.1 Å². The first-order valence-electron chi connectivity index (χ1n) is 6.27. The molecule has 16 heavy (non-hydrogen) atoms. The minimum Gasteiger partial charge on any atom is -0.317 e. The van der Waals surface area contributed by atoms with E-state index < -0.39 is 9.84 Å². The van der Waals surface area contributed by atoms with Crippen molar-refractivity contribution in [1.29, 1.82) is 0 Å². The molecule has 1 saturated heterocycles. The van der Waals surface area contributed by atoms with Gasteiger partial charge in [-0.1, -0.05) is 6.92 Å². The van der Waals surface area contributed by atoms with Gasteiger partial charge in [0.05, 0.1) is 11.5 Å². The summed E-state index contributed by atoms with van der Waals surface area (Å²) < 4.78 is 22.8. The van der Waals surface area contributed by atoms with Crippen LogP contribution in [-0.2, 0) is 9.84 Å². The highest BCUT2D eigenvalue weighted by Crippen LogP contribution is 2.05. The van der Waals surface area contributed by atoms with Gasteiger partial charge in [0.2, 0.25) is 0 Å². The van der Waals surface area contributed by atoms with Gasteiger partial charge in [-0.05, 0) is 45.4 Å². The molecule has 0 saturated carbocycles. The van der Waals surface area contributed by atoms with Crippen molar-refractivity contribution in [2.24, 2.45) is 0 Å². The Morgan fingerprint density at radius 3 is 2.75 bits per heavy atom. The van der Waals surface area contributed by atoms with Gasteiger partial charge in [0.1, 0.15) is 0 Å². The van der Waals surface area contributed by atoms with Gasteiger partial charge in [-0.15, -0.1) is 0 Å². The van der Waals surface area contributed by atoms with Crippen molar-refractivity contribution in [3.05, 3.63) is 0 Å². The molecule has 4 nitrogen and oxygen atoms in total. The van der Waals surface area contributed by atoms with Crippen molar-refractivity contribution >= 4 is 9.84 Å². The predicted octanol–water partition coefficient (Wildman–Crippen LogP) is 0.497. The fraction of sp³-hybridized carbons (Fsp3) is 1.00. The van der Waals surface area contributed by atoms with Crippen LogP contribution in [0.3, 0.4) is 0 Å². The SMILES string of the molecule is CCNCCCCN1CCCS(=O)(=O)CC1. The molecule has 0 aliphatic carbocycles. The van der Waals surface area contributed by atoms with E-state index in [4.69, 9.17) is 0 Å². The van der Waals surface area contributed by atoms with Crippen molar-refractivity contribution in [3.8, 4) is 0 Å². The average molecular weight is 248 g/mol. The van der Waals surface area contributed by atoms with E-state index in [1.54, 1.807) is 0 Å². The number of hydrogen-bond acceptors (Lipinski definition) is 4. The van der Waals surface area contributed by atoms with Crippen LogP contribution in [0.5, 0.6) is 0 Å². The van der Waals surface area contributed by atoms with Crippen LogP contribution in [0.25, 0.3) is 0 Å². The lowest BCUT2D eigenvalue weighted by atomic mass is 10.2. The highest BCUT2D eigenvalue weighted by molar-refractivity contribution is 7.91. The fourth-order valence-electron chi connectivity index (χ4n) is 1.98. The number of nitrogens with zero attached hydrogens (tertiary/aromatic N) is 1. The summed E-state index contributed by atoms with van der Waals surface area (Å²) in [5, 5.41) is 3.30. The fourth-order valence-corrected chi connectivity index (χ4v) is 3.29. The standard InChI is InChI=1S/C11H24N2O2S/c1-2-12-6-3-4-7-13-8-5-10-16(14,15)11-9-13/h12H,2-11H2,1H3. The van der Waals surface area contributed by atoms with E-state index >= 15 is 0 Å². The van der Waals surface area contributed by atoms with Crippen LogP contribution < -0.4 is 5.32 Å². The summed E-state index contributed by atoms with van der Waals surface area (Å²) in [6.07, 6.45) is 3.14. The smallest absolute Gasteiger partial charge is 0.151 e.